The molecule has 0 saturated carbocycles. The number of alkyl halides is 3. The lowest BCUT2D eigenvalue weighted by Gasteiger charge is -2.44. The lowest BCUT2D eigenvalue weighted by atomic mass is 9.67. The van der Waals surface area contributed by atoms with Gasteiger partial charge in [0.15, 0.2) is 11.5 Å². The molecule has 0 N–H and O–H groups in total. The first-order chi connectivity index (χ1) is 17.4. The summed E-state index contributed by atoms with van der Waals surface area (Å²) >= 11 is 0.934. The maximum absolute atomic E-state index is 13.5. The third-order valence-electron chi connectivity index (χ3n) is 7.61. The predicted octanol–water partition coefficient (Wildman–Crippen LogP) is 6.79. The Kier molecular flexibility index (Phi) is 4.65. The molecular weight excluding hydrogens is 487 g/mol. The fourth-order valence-electron chi connectivity index (χ4n) is 5.90. The van der Waals surface area contributed by atoms with E-state index >= 15 is 0 Å². The van der Waals surface area contributed by atoms with Gasteiger partial charge in [0.1, 0.15) is 12.4 Å². The van der Waals surface area contributed by atoms with Crippen LogP contribution < -0.4 is 19.1 Å². The quantitative estimate of drug-likeness (QED) is 0.380. The summed E-state index contributed by atoms with van der Waals surface area (Å²) in [5.74, 6) is 1.93. The van der Waals surface area contributed by atoms with Crippen LogP contribution in [0.2, 0.25) is 0 Å². The van der Waals surface area contributed by atoms with Crippen molar-refractivity contribution in [3.63, 3.8) is 0 Å². The van der Waals surface area contributed by atoms with E-state index in [2.05, 4.69) is 29.2 Å². The fraction of sp³-hybridized carbons (Fsp3) is 0.286. The Bertz CT molecular complexity index is 1370. The van der Waals surface area contributed by atoms with E-state index < -0.39 is 16.5 Å². The topological polar surface area (TPSA) is 30.9 Å². The molecule has 1 spiro atoms. The summed E-state index contributed by atoms with van der Waals surface area (Å²) in [6.45, 7) is 2.92. The van der Waals surface area contributed by atoms with Crippen molar-refractivity contribution in [2.45, 2.75) is 23.8 Å². The third kappa shape index (κ3) is 3.03. The summed E-state index contributed by atoms with van der Waals surface area (Å²) < 4.78 is 57.9. The Morgan fingerprint density at radius 2 is 1.53 bits per heavy atom. The highest BCUT2D eigenvalue weighted by atomic mass is 32.2. The van der Waals surface area contributed by atoms with E-state index in [4.69, 9.17) is 14.2 Å². The Morgan fingerprint density at radius 3 is 2.17 bits per heavy atom. The van der Waals surface area contributed by atoms with Gasteiger partial charge in [-0.15, -0.1) is 11.8 Å². The first-order valence-corrected chi connectivity index (χ1v) is 12.7. The monoisotopic (exact) mass is 509 g/mol. The average Bonchev–Trinajstić information content (AvgIpc) is 3.58. The zero-order valence-corrected chi connectivity index (χ0v) is 20.2. The summed E-state index contributed by atoms with van der Waals surface area (Å²) in [6, 6.07) is 20.2. The third-order valence-corrected chi connectivity index (χ3v) is 9.11. The first kappa shape index (κ1) is 22.0. The maximum atomic E-state index is 13.5. The zero-order valence-electron chi connectivity index (χ0n) is 19.3. The molecule has 7 rings (SSSR count). The second-order valence-electron chi connectivity index (χ2n) is 9.58. The number of halogens is 3. The Labute approximate surface area is 210 Å². The predicted molar refractivity (Wildman–Crippen MR) is 133 cm³/mol. The van der Waals surface area contributed by atoms with E-state index in [0.29, 0.717) is 24.7 Å². The largest absolute Gasteiger partial charge is 0.491 e. The van der Waals surface area contributed by atoms with Crippen LogP contribution >= 0.6 is 11.8 Å². The van der Waals surface area contributed by atoms with Crippen LogP contribution in [0.4, 0.5) is 24.5 Å². The lowest BCUT2D eigenvalue weighted by Crippen LogP contribution is -2.41. The molecule has 4 nitrogen and oxygen atoms in total. The van der Waals surface area contributed by atoms with Crippen LogP contribution in [-0.4, -0.2) is 31.4 Å². The molecule has 0 aliphatic carbocycles. The van der Waals surface area contributed by atoms with Crippen LogP contribution in [0.5, 0.6) is 17.2 Å². The molecule has 184 valence electrons. The van der Waals surface area contributed by atoms with Gasteiger partial charge in [-0.05, 0) is 35.2 Å². The molecule has 2 atom stereocenters. The average molecular weight is 510 g/mol. The molecule has 3 aromatic carbocycles. The molecule has 0 amide bonds. The molecule has 4 aliphatic heterocycles. The van der Waals surface area contributed by atoms with Crippen molar-refractivity contribution < 1.29 is 27.4 Å². The van der Waals surface area contributed by atoms with E-state index in [1.807, 2.05) is 43.3 Å². The number of hydrogen-bond acceptors (Lipinski definition) is 5. The lowest BCUT2D eigenvalue weighted by molar-refractivity contribution is -0.0836. The molecule has 3 aromatic rings. The molecule has 4 aliphatic rings. The molecule has 0 fully saturated rings. The molecule has 0 radical (unpaired) electrons. The molecule has 8 heteroatoms. The summed E-state index contributed by atoms with van der Waals surface area (Å²) in [4.78, 5) is 1.69. The highest BCUT2D eigenvalue weighted by Gasteiger charge is 2.51. The van der Waals surface area contributed by atoms with Gasteiger partial charge >= 0.3 is 6.18 Å². The van der Waals surface area contributed by atoms with Gasteiger partial charge in [-0.2, -0.15) is 13.2 Å². The highest BCUT2D eigenvalue weighted by molar-refractivity contribution is 8.04. The normalized spacial score (nSPS) is 22.7. The number of rotatable bonds is 2. The number of allylic oxidation sites excluding steroid dienone is 2. The number of anilines is 2. The van der Waals surface area contributed by atoms with Gasteiger partial charge in [-0.25, -0.2) is 0 Å². The van der Waals surface area contributed by atoms with Crippen LogP contribution in [0.15, 0.2) is 71.6 Å². The van der Waals surface area contributed by atoms with Gasteiger partial charge < -0.3 is 19.1 Å². The van der Waals surface area contributed by atoms with Crippen molar-refractivity contribution in [3.05, 3.63) is 88.3 Å². The number of nitrogens with zero attached hydrogens (tertiary/aromatic N) is 1. The Morgan fingerprint density at radius 1 is 0.889 bits per heavy atom. The van der Waals surface area contributed by atoms with E-state index in [0.717, 1.165) is 45.6 Å². The van der Waals surface area contributed by atoms with Crippen molar-refractivity contribution in [3.8, 4) is 17.2 Å². The van der Waals surface area contributed by atoms with Gasteiger partial charge in [-0.1, -0.05) is 49.4 Å². The SMILES string of the molecule is CC1C=C(C(F)(F)F)SC1CN1c2ccccc2C2(COc3cc4c(cc32)OCO4)c2ccccc21. The van der Waals surface area contributed by atoms with E-state index in [1.54, 1.807) is 0 Å². The van der Waals surface area contributed by atoms with Crippen molar-refractivity contribution in [2.75, 3.05) is 24.8 Å². The zero-order chi connectivity index (χ0) is 24.7. The van der Waals surface area contributed by atoms with Crippen LogP contribution in [0, 0.1) is 5.92 Å². The minimum Gasteiger partial charge on any atom is -0.491 e. The first-order valence-electron chi connectivity index (χ1n) is 11.9. The minimum atomic E-state index is -4.31. The van der Waals surface area contributed by atoms with E-state index in [9.17, 15) is 13.2 Å². The molecule has 0 bridgehead atoms. The van der Waals surface area contributed by atoms with Crippen molar-refractivity contribution >= 4 is 23.1 Å². The van der Waals surface area contributed by atoms with Gasteiger partial charge in [0, 0.05) is 34.8 Å². The van der Waals surface area contributed by atoms with Crippen LogP contribution in [0.1, 0.15) is 23.6 Å². The number of ether oxygens (including phenoxy) is 3. The van der Waals surface area contributed by atoms with Gasteiger partial charge in [0.2, 0.25) is 6.79 Å². The van der Waals surface area contributed by atoms with Crippen LogP contribution in [0.3, 0.4) is 0 Å². The molecule has 4 heterocycles. The second kappa shape index (κ2) is 7.62. The number of thioether (sulfide) groups is 1. The van der Waals surface area contributed by atoms with Crippen LogP contribution in [-0.2, 0) is 5.41 Å². The number of para-hydroxylation sites is 2. The summed E-state index contributed by atoms with van der Waals surface area (Å²) in [5.41, 5.74) is 4.55. The Hall–Kier alpha value is -3.26. The molecular formula is C28H22F3NO3S. The molecule has 0 saturated heterocycles. The van der Waals surface area contributed by atoms with Gasteiger partial charge in [-0.3, -0.25) is 0 Å². The molecule has 36 heavy (non-hydrogen) atoms. The summed E-state index contributed by atoms with van der Waals surface area (Å²) in [6.07, 6.45) is -2.95. The van der Waals surface area contributed by atoms with Crippen molar-refractivity contribution in [2.24, 2.45) is 5.92 Å². The van der Waals surface area contributed by atoms with Gasteiger partial charge in [0.25, 0.3) is 0 Å². The smallest absolute Gasteiger partial charge is 0.421 e. The fourth-order valence-corrected chi connectivity index (χ4v) is 7.17. The minimum absolute atomic E-state index is 0.178. The van der Waals surface area contributed by atoms with Crippen molar-refractivity contribution in [1.29, 1.82) is 0 Å². The highest BCUT2D eigenvalue weighted by Crippen LogP contribution is 2.59. The standard InChI is InChI=1S/C28H22F3NO3S/c1-16-10-26(28(29,30)31)36-25(16)13-32-20-8-4-2-6-17(20)27(18-7-3-5-9-21(18)32)14-33-22-12-24-23(11-19(22)27)34-15-35-24/h2-12,16,25H,13-15H2,1H3. The van der Waals surface area contributed by atoms with Crippen LogP contribution in [0.25, 0.3) is 0 Å². The van der Waals surface area contributed by atoms with E-state index in [-0.39, 0.29) is 18.0 Å². The molecule has 0 aromatic heterocycles. The number of hydrogen-bond donors (Lipinski definition) is 0. The number of fused-ring (bicyclic) bond motifs is 7. The number of benzene rings is 3. The summed E-state index contributed by atoms with van der Waals surface area (Å²) in [5, 5.41) is -0.224. The van der Waals surface area contributed by atoms with Crippen molar-refractivity contribution in [1.82, 2.24) is 0 Å². The Balaban J connectivity index is 1.36. The summed E-state index contributed by atoms with van der Waals surface area (Å²) in [7, 11) is 0. The van der Waals surface area contributed by atoms with E-state index in [1.165, 1.54) is 6.08 Å². The second-order valence-corrected chi connectivity index (χ2v) is 10.9. The molecule has 2 unspecified atom stereocenters. The maximum Gasteiger partial charge on any atom is 0.421 e. The van der Waals surface area contributed by atoms with Gasteiger partial charge in [0.05, 0.1) is 10.3 Å².